The van der Waals surface area contributed by atoms with Crippen molar-refractivity contribution < 1.29 is 14.8 Å². The molecule has 1 aliphatic rings. The Morgan fingerprint density at radius 2 is 2.14 bits per heavy atom. The van der Waals surface area contributed by atoms with Crippen LogP contribution in [0, 0.1) is 10.1 Å². The summed E-state index contributed by atoms with van der Waals surface area (Å²) in [5.74, 6) is -0.694. The van der Waals surface area contributed by atoms with Crippen molar-refractivity contribution in [1.82, 2.24) is 5.32 Å². The molecule has 0 saturated heterocycles. The van der Waals surface area contributed by atoms with Crippen LogP contribution in [0.25, 0.3) is 0 Å². The maximum absolute atomic E-state index is 12.2. The molecule has 2 N–H and O–H groups in total. The van der Waals surface area contributed by atoms with Crippen LogP contribution in [-0.4, -0.2) is 28.1 Å². The second-order valence-electron chi connectivity index (χ2n) is 5.54. The number of hydrogen-bond acceptors (Lipinski definition) is 4. The molecule has 0 radical (unpaired) electrons. The molecule has 1 aromatic carbocycles. The van der Waals surface area contributed by atoms with Crippen LogP contribution in [0.5, 0.6) is 0 Å². The fourth-order valence-corrected chi connectivity index (χ4v) is 2.65. The second kappa shape index (κ2) is 6.67. The van der Waals surface area contributed by atoms with E-state index in [0.717, 1.165) is 19.3 Å². The Labute approximate surface area is 123 Å². The first kappa shape index (κ1) is 15.4. The molecule has 0 heterocycles. The highest BCUT2D eigenvalue weighted by atomic mass is 16.6. The molecule has 114 valence electrons. The average Bonchev–Trinajstić information content (AvgIpc) is 2.49. The molecule has 1 amide bonds. The Kier molecular flexibility index (Phi) is 4.90. The lowest BCUT2D eigenvalue weighted by Gasteiger charge is -2.29. The number of carbonyl (C=O) groups is 1. The molecular weight excluding hydrogens is 272 g/mol. The smallest absolute Gasteiger partial charge is 0.269 e. The number of nitrogens with one attached hydrogen (secondary N) is 1. The van der Waals surface area contributed by atoms with Gasteiger partial charge in [0.05, 0.1) is 23.0 Å². The molecule has 1 unspecified atom stereocenters. The second-order valence-corrected chi connectivity index (χ2v) is 5.54. The quantitative estimate of drug-likeness (QED) is 0.656. The van der Waals surface area contributed by atoms with Crippen molar-refractivity contribution >= 4 is 11.6 Å². The van der Waals surface area contributed by atoms with Gasteiger partial charge in [0, 0.05) is 12.1 Å². The number of aliphatic hydroxyl groups excluding tert-OH is 1. The van der Waals surface area contributed by atoms with Gasteiger partial charge in [0.25, 0.3) is 5.69 Å². The van der Waals surface area contributed by atoms with Crippen LogP contribution in [-0.2, 0) is 4.79 Å². The number of aliphatic hydroxyl groups is 1. The van der Waals surface area contributed by atoms with E-state index in [-0.39, 0.29) is 17.6 Å². The molecule has 2 rings (SSSR count). The van der Waals surface area contributed by atoms with Crippen LogP contribution in [0.15, 0.2) is 24.3 Å². The average molecular weight is 292 g/mol. The summed E-state index contributed by atoms with van der Waals surface area (Å²) in [6, 6.07) is 5.88. The van der Waals surface area contributed by atoms with Gasteiger partial charge in [-0.1, -0.05) is 25.0 Å². The van der Waals surface area contributed by atoms with Gasteiger partial charge in [-0.05, 0) is 25.3 Å². The van der Waals surface area contributed by atoms with Crippen LogP contribution >= 0.6 is 0 Å². The predicted octanol–water partition coefficient (Wildman–Crippen LogP) is 2.12. The fourth-order valence-electron chi connectivity index (χ4n) is 2.65. The highest BCUT2D eigenvalue weighted by molar-refractivity contribution is 5.83. The van der Waals surface area contributed by atoms with E-state index in [9.17, 15) is 20.0 Å². The van der Waals surface area contributed by atoms with E-state index in [0.29, 0.717) is 12.0 Å². The van der Waals surface area contributed by atoms with Crippen molar-refractivity contribution in [2.75, 3.05) is 0 Å². The van der Waals surface area contributed by atoms with Gasteiger partial charge in [-0.25, -0.2) is 0 Å². The van der Waals surface area contributed by atoms with Gasteiger partial charge in [-0.3, -0.25) is 14.9 Å². The molecule has 1 fully saturated rings. The topological polar surface area (TPSA) is 92.5 Å². The minimum absolute atomic E-state index is 0.0233. The monoisotopic (exact) mass is 292 g/mol. The third-order valence-corrected chi connectivity index (χ3v) is 4.03. The Bertz CT molecular complexity index is 532. The number of carbonyl (C=O) groups excluding carboxylic acids is 1. The SMILES string of the molecule is CC(C(=O)N[C@@H]1CCCC[C@H]1O)c1cccc([N+](=O)[O-])c1. The van der Waals surface area contributed by atoms with Gasteiger partial charge in [0.2, 0.25) is 5.91 Å². The van der Waals surface area contributed by atoms with E-state index in [4.69, 9.17) is 0 Å². The van der Waals surface area contributed by atoms with Crippen LogP contribution in [0.2, 0.25) is 0 Å². The number of hydrogen-bond donors (Lipinski definition) is 2. The largest absolute Gasteiger partial charge is 0.391 e. The summed E-state index contributed by atoms with van der Waals surface area (Å²) in [5, 5.41) is 23.5. The van der Waals surface area contributed by atoms with Gasteiger partial charge < -0.3 is 10.4 Å². The van der Waals surface area contributed by atoms with Gasteiger partial charge in [0.1, 0.15) is 0 Å². The third kappa shape index (κ3) is 3.78. The number of non-ortho nitro benzene ring substituents is 1. The Morgan fingerprint density at radius 3 is 2.81 bits per heavy atom. The van der Waals surface area contributed by atoms with Crippen LogP contribution < -0.4 is 5.32 Å². The van der Waals surface area contributed by atoms with Crippen molar-refractivity contribution in [3.63, 3.8) is 0 Å². The summed E-state index contributed by atoms with van der Waals surface area (Å²) in [7, 11) is 0. The number of nitrogens with zero attached hydrogens (tertiary/aromatic N) is 1. The summed E-state index contributed by atoms with van der Waals surface area (Å²) in [6.07, 6.45) is 2.95. The molecule has 6 nitrogen and oxygen atoms in total. The Balaban J connectivity index is 2.04. The summed E-state index contributed by atoms with van der Waals surface area (Å²) < 4.78 is 0. The van der Waals surface area contributed by atoms with Crippen molar-refractivity contribution in [3.8, 4) is 0 Å². The summed E-state index contributed by atoms with van der Waals surface area (Å²) >= 11 is 0. The van der Waals surface area contributed by atoms with Crippen LogP contribution in [0.1, 0.15) is 44.1 Å². The first-order valence-corrected chi connectivity index (χ1v) is 7.22. The molecule has 0 aromatic heterocycles. The number of nitro benzene ring substituents is 1. The lowest BCUT2D eigenvalue weighted by molar-refractivity contribution is -0.384. The standard InChI is InChI=1S/C15H20N2O4/c1-10(11-5-4-6-12(9-11)17(20)21)15(19)16-13-7-2-3-8-14(13)18/h4-6,9-10,13-14,18H,2-3,7-8H2,1H3,(H,16,19)/t10?,13-,14-/m1/s1. The molecule has 0 aliphatic heterocycles. The maximum Gasteiger partial charge on any atom is 0.269 e. The van der Waals surface area contributed by atoms with E-state index in [2.05, 4.69) is 5.32 Å². The molecule has 0 bridgehead atoms. The zero-order chi connectivity index (χ0) is 15.4. The van der Waals surface area contributed by atoms with Crippen molar-refractivity contribution in [1.29, 1.82) is 0 Å². The van der Waals surface area contributed by atoms with E-state index < -0.39 is 16.9 Å². The highest BCUT2D eigenvalue weighted by Crippen LogP contribution is 2.23. The van der Waals surface area contributed by atoms with Gasteiger partial charge >= 0.3 is 0 Å². The number of nitro groups is 1. The Morgan fingerprint density at radius 1 is 1.43 bits per heavy atom. The van der Waals surface area contributed by atoms with Crippen molar-refractivity contribution in [2.45, 2.75) is 50.7 Å². The fraction of sp³-hybridized carbons (Fsp3) is 0.533. The minimum atomic E-state index is -0.500. The predicted molar refractivity (Wildman–Crippen MR) is 77.9 cm³/mol. The normalized spacial score (nSPS) is 23.3. The zero-order valence-corrected chi connectivity index (χ0v) is 12.0. The number of amides is 1. The van der Waals surface area contributed by atoms with Crippen molar-refractivity contribution in [2.24, 2.45) is 0 Å². The molecule has 3 atom stereocenters. The van der Waals surface area contributed by atoms with Crippen LogP contribution in [0.3, 0.4) is 0 Å². The van der Waals surface area contributed by atoms with Crippen LogP contribution in [0.4, 0.5) is 5.69 Å². The molecule has 0 spiro atoms. The lowest BCUT2D eigenvalue weighted by Crippen LogP contribution is -2.46. The summed E-state index contributed by atoms with van der Waals surface area (Å²) in [4.78, 5) is 22.6. The van der Waals surface area contributed by atoms with Gasteiger partial charge in [-0.2, -0.15) is 0 Å². The first-order valence-electron chi connectivity index (χ1n) is 7.22. The van der Waals surface area contributed by atoms with E-state index >= 15 is 0 Å². The Hall–Kier alpha value is -1.95. The molecule has 1 aromatic rings. The molecular formula is C15H20N2O4. The molecule has 21 heavy (non-hydrogen) atoms. The summed E-state index contributed by atoms with van der Waals surface area (Å²) in [6.45, 7) is 1.71. The third-order valence-electron chi connectivity index (χ3n) is 4.03. The summed E-state index contributed by atoms with van der Waals surface area (Å²) in [5.41, 5.74) is 0.580. The van der Waals surface area contributed by atoms with E-state index in [1.54, 1.807) is 19.1 Å². The van der Waals surface area contributed by atoms with Gasteiger partial charge in [0.15, 0.2) is 0 Å². The van der Waals surface area contributed by atoms with Crippen molar-refractivity contribution in [3.05, 3.63) is 39.9 Å². The van der Waals surface area contributed by atoms with E-state index in [1.807, 2.05) is 0 Å². The minimum Gasteiger partial charge on any atom is -0.391 e. The number of benzene rings is 1. The maximum atomic E-state index is 12.2. The number of rotatable bonds is 4. The molecule has 6 heteroatoms. The first-order chi connectivity index (χ1) is 9.99. The van der Waals surface area contributed by atoms with Gasteiger partial charge in [-0.15, -0.1) is 0 Å². The lowest BCUT2D eigenvalue weighted by atomic mass is 9.91. The molecule has 1 aliphatic carbocycles. The zero-order valence-electron chi connectivity index (χ0n) is 12.0. The highest BCUT2D eigenvalue weighted by Gasteiger charge is 2.27. The molecule has 1 saturated carbocycles. The van der Waals surface area contributed by atoms with E-state index in [1.165, 1.54) is 12.1 Å².